The summed E-state index contributed by atoms with van der Waals surface area (Å²) in [6, 6.07) is 0.960. The van der Waals surface area contributed by atoms with Gasteiger partial charge < -0.3 is 4.90 Å². The van der Waals surface area contributed by atoms with Crippen molar-refractivity contribution in [3.63, 3.8) is 0 Å². The first-order valence-corrected chi connectivity index (χ1v) is 9.88. The zero-order valence-corrected chi connectivity index (χ0v) is 18.3. The third kappa shape index (κ3) is 5.96. The molecule has 1 fully saturated rings. The number of carbonyl (C=O) groups excluding carboxylic acids is 3. The lowest BCUT2D eigenvalue weighted by molar-refractivity contribution is -0.155. The summed E-state index contributed by atoms with van der Waals surface area (Å²) in [5.41, 5.74) is -3.56. The maximum Gasteiger partial charge on any atom is 0.416 e. The molecule has 0 bridgehead atoms. The van der Waals surface area contributed by atoms with Crippen LogP contribution >= 0.6 is 0 Å². The topological polar surface area (TPSA) is 91.6 Å². The van der Waals surface area contributed by atoms with Gasteiger partial charge in [0.1, 0.15) is 12.9 Å². The van der Waals surface area contributed by atoms with Crippen LogP contribution in [0.15, 0.2) is 30.6 Å². The lowest BCUT2D eigenvalue weighted by Gasteiger charge is -2.27. The number of nitrogens with zero attached hydrogens (tertiary/aromatic N) is 6. The Labute approximate surface area is 194 Å². The lowest BCUT2D eigenvalue weighted by atomic mass is 10.0. The first-order chi connectivity index (χ1) is 16.2. The molecule has 3 amide bonds. The lowest BCUT2D eigenvalue weighted by Crippen LogP contribution is -2.47. The summed E-state index contributed by atoms with van der Waals surface area (Å²) in [5, 5.41) is 5.83. The van der Waals surface area contributed by atoms with Crippen LogP contribution in [0, 0.1) is 0 Å². The minimum atomic E-state index is -5.03. The molecule has 0 unspecified atom stereocenters. The van der Waals surface area contributed by atoms with Gasteiger partial charge in [-0.3, -0.25) is 14.4 Å². The third-order valence-electron chi connectivity index (χ3n) is 4.88. The van der Waals surface area contributed by atoms with Crippen molar-refractivity contribution in [2.75, 3.05) is 27.2 Å². The fourth-order valence-electron chi connectivity index (χ4n) is 3.05. The molecule has 0 aliphatic carbocycles. The molecule has 2 aromatic rings. The molecule has 1 aromatic heterocycles. The van der Waals surface area contributed by atoms with Crippen molar-refractivity contribution in [2.24, 2.45) is 0 Å². The second kappa shape index (κ2) is 9.38. The van der Waals surface area contributed by atoms with Crippen molar-refractivity contribution >= 4 is 23.9 Å². The number of likely N-dealkylation sites (N-methyl/N-ethyl adjacent to an activating group) is 1. The molecule has 0 N–H and O–H groups in total. The van der Waals surface area contributed by atoms with Crippen LogP contribution < -0.4 is 0 Å². The molecule has 0 atom stereocenters. The van der Waals surface area contributed by atoms with Crippen LogP contribution in [0.25, 0.3) is 17.6 Å². The van der Waals surface area contributed by atoms with E-state index in [0.717, 1.165) is 33.3 Å². The number of hydrogen-bond donors (Lipinski definition) is 0. The minimum Gasteiger partial charge on any atom is -0.347 e. The zero-order valence-electron chi connectivity index (χ0n) is 18.3. The van der Waals surface area contributed by atoms with Gasteiger partial charge in [0.2, 0.25) is 11.8 Å². The molecule has 0 radical (unpaired) electrons. The molecular formula is C20H18F6N6O3. The standard InChI is InChI=1S/C20H18F6N6O3/c1-29(2)17(35)10-32-16(34)4-6-31(32)15(33)3-5-30-11-27-18(28-30)12-7-13(19(21,22)23)9-14(8-12)20(24,25)26/h3,5,7-9,11H,4,6,10H2,1-2H3. The van der Waals surface area contributed by atoms with E-state index >= 15 is 0 Å². The van der Waals surface area contributed by atoms with E-state index in [1.54, 1.807) is 0 Å². The van der Waals surface area contributed by atoms with Crippen LogP contribution in [0.1, 0.15) is 17.5 Å². The second-order valence-corrected chi connectivity index (χ2v) is 7.61. The van der Waals surface area contributed by atoms with Crippen molar-refractivity contribution in [1.29, 1.82) is 0 Å². The van der Waals surface area contributed by atoms with Crippen LogP contribution in [0.4, 0.5) is 26.3 Å². The Bertz CT molecular complexity index is 1140. The summed E-state index contributed by atoms with van der Waals surface area (Å²) in [6.45, 7) is -0.328. The Morgan fingerprint density at radius 2 is 1.66 bits per heavy atom. The minimum absolute atomic E-state index is 0.00481. The van der Waals surface area contributed by atoms with E-state index < -0.39 is 52.6 Å². The summed E-state index contributed by atoms with van der Waals surface area (Å²) in [7, 11) is 2.97. The predicted molar refractivity (Wildman–Crippen MR) is 108 cm³/mol. The molecule has 2 heterocycles. The van der Waals surface area contributed by atoms with E-state index in [2.05, 4.69) is 10.1 Å². The fourth-order valence-corrected chi connectivity index (χ4v) is 3.05. The van der Waals surface area contributed by atoms with E-state index in [4.69, 9.17) is 0 Å². The molecule has 0 spiro atoms. The van der Waals surface area contributed by atoms with E-state index in [0.29, 0.717) is 12.1 Å². The molecule has 188 valence electrons. The Balaban J connectivity index is 1.82. The molecule has 1 aliphatic heterocycles. The second-order valence-electron chi connectivity index (χ2n) is 7.61. The van der Waals surface area contributed by atoms with Gasteiger partial charge in [0.15, 0.2) is 5.82 Å². The SMILES string of the molecule is CN(C)C(=O)CN1C(=O)CCN1C(=O)C=Cn1cnc(-c2cc(C(F)(F)F)cc(C(F)(F)F)c2)n1. The Kier molecular flexibility index (Phi) is 6.89. The van der Waals surface area contributed by atoms with Gasteiger partial charge >= 0.3 is 12.4 Å². The number of benzene rings is 1. The van der Waals surface area contributed by atoms with E-state index in [9.17, 15) is 40.7 Å². The first kappa shape index (κ1) is 25.7. The van der Waals surface area contributed by atoms with Gasteiger partial charge in [0, 0.05) is 38.4 Å². The number of halogens is 6. The predicted octanol–water partition coefficient (Wildman–Crippen LogP) is 2.52. The summed E-state index contributed by atoms with van der Waals surface area (Å²) in [4.78, 5) is 41.4. The maximum atomic E-state index is 13.1. The zero-order chi connectivity index (χ0) is 26.1. The quantitative estimate of drug-likeness (QED) is 0.461. The summed E-state index contributed by atoms with van der Waals surface area (Å²) >= 11 is 0. The number of aromatic nitrogens is 3. The van der Waals surface area contributed by atoms with Gasteiger partial charge in [-0.1, -0.05) is 0 Å². The number of alkyl halides is 6. The Morgan fingerprint density at radius 3 is 2.20 bits per heavy atom. The number of amides is 3. The fraction of sp³-hybridized carbons (Fsp3) is 0.350. The van der Waals surface area contributed by atoms with Crippen LogP contribution in [-0.2, 0) is 26.7 Å². The molecule has 35 heavy (non-hydrogen) atoms. The van der Waals surface area contributed by atoms with Crippen LogP contribution in [0.2, 0.25) is 0 Å². The van der Waals surface area contributed by atoms with Crippen molar-refractivity contribution in [3.05, 3.63) is 41.7 Å². The largest absolute Gasteiger partial charge is 0.416 e. The number of hydrogen-bond acceptors (Lipinski definition) is 5. The highest BCUT2D eigenvalue weighted by atomic mass is 19.4. The molecule has 1 aromatic carbocycles. The smallest absolute Gasteiger partial charge is 0.347 e. The van der Waals surface area contributed by atoms with E-state index in [1.807, 2.05) is 0 Å². The van der Waals surface area contributed by atoms with Crippen molar-refractivity contribution in [1.82, 2.24) is 29.7 Å². The van der Waals surface area contributed by atoms with Gasteiger partial charge in [-0.15, -0.1) is 5.10 Å². The first-order valence-electron chi connectivity index (χ1n) is 9.88. The Morgan fingerprint density at radius 1 is 1.06 bits per heavy atom. The van der Waals surface area contributed by atoms with Crippen LogP contribution in [0.5, 0.6) is 0 Å². The monoisotopic (exact) mass is 504 g/mol. The van der Waals surface area contributed by atoms with Crippen molar-refractivity contribution in [3.8, 4) is 11.4 Å². The number of rotatable bonds is 5. The summed E-state index contributed by atoms with van der Waals surface area (Å²) in [6.07, 6.45) is -7.04. The van der Waals surface area contributed by atoms with Crippen molar-refractivity contribution in [2.45, 2.75) is 18.8 Å². The highest BCUT2D eigenvalue weighted by Crippen LogP contribution is 2.38. The average Bonchev–Trinajstić information content (AvgIpc) is 3.37. The average molecular weight is 504 g/mol. The summed E-state index contributed by atoms with van der Waals surface area (Å²) < 4.78 is 79.4. The van der Waals surface area contributed by atoms with Gasteiger partial charge in [-0.05, 0) is 18.2 Å². The molecule has 0 saturated carbocycles. The maximum absolute atomic E-state index is 13.1. The molecule has 1 aliphatic rings. The normalized spacial score (nSPS) is 14.8. The van der Waals surface area contributed by atoms with Gasteiger partial charge in [-0.2, -0.15) is 26.3 Å². The highest BCUT2D eigenvalue weighted by Gasteiger charge is 2.37. The van der Waals surface area contributed by atoms with E-state index in [1.165, 1.54) is 19.0 Å². The van der Waals surface area contributed by atoms with Gasteiger partial charge in [0.25, 0.3) is 5.91 Å². The number of hydrazine groups is 1. The summed E-state index contributed by atoms with van der Waals surface area (Å²) in [5.74, 6) is -1.98. The molecule has 1 saturated heterocycles. The number of carbonyl (C=O) groups is 3. The van der Waals surface area contributed by atoms with Crippen LogP contribution in [0.3, 0.4) is 0 Å². The third-order valence-corrected chi connectivity index (χ3v) is 4.88. The van der Waals surface area contributed by atoms with Gasteiger partial charge in [0.05, 0.1) is 17.7 Å². The van der Waals surface area contributed by atoms with Crippen molar-refractivity contribution < 1.29 is 40.7 Å². The van der Waals surface area contributed by atoms with E-state index in [-0.39, 0.29) is 25.6 Å². The molecular weight excluding hydrogens is 486 g/mol. The molecule has 3 rings (SSSR count). The Hall–Kier alpha value is -3.91. The van der Waals surface area contributed by atoms with Gasteiger partial charge in [-0.25, -0.2) is 19.7 Å². The molecule has 9 nitrogen and oxygen atoms in total. The highest BCUT2D eigenvalue weighted by molar-refractivity contribution is 5.95. The van der Waals surface area contributed by atoms with Crippen LogP contribution in [-0.4, -0.2) is 74.6 Å². The molecule has 15 heteroatoms.